The van der Waals surface area contributed by atoms with Crippen LogP contribution in [0.1, 0.15) is 0 Å². The summed E-state index contributed by atoms with van der Waals surface area (Å²) in [5, 5.41) is 12.2. The van der Waals surface area contributed by atoms with Crippen molar-refractivity contribution in [2.45, 2.75) is 0 Å². The lowest BCUT2D eigenvalue weighted by Crippen LogP contribution is -2.57. The molecule has 52 heavy (non-hydrogen) atoms. The van der Waals surface area contributed by atoms with E-state index >= 15 is 0 Å². The molecule has 240 valence electrons. The van der Waals surface area contributed by atoms with E-state index in [4.69, 9.17) is 9.47 Å². The van der Waals surface area contributed by atoms with Crippen LogP contribution < -0.4 is 25.9 Å². The van der Waals surface area contributed by atoms with Crippen LogP contribution in [0, 0.1) is 41.7 Å². The van der Waals surface area contributed by atoms with E-state index in [0.29, 0.717) is 0 Å². The first-order valence-corrected chi connectivity index (χ1v) is 17.9. The number of rotatable bonds is 1. The highest BCUT2D eigenvalue weighted by Crippen LogP contribution is 2.40. The zero-order valence-electron chi connectivity index (χ0n) is 28.0. The molecule has 2 aliphatic heterocycles. The minimum atomic E-state index is 0.0237. The average molecular weight is 662 g/mol. The number of aromatic nitrogens is 1. The highest BCUT2D eigenvalue weighted by Gasteiger charge is 2.40. The number of hydrogen-bond donors (Lipinski definition) is 0. The van der Waals surface area contributed by atoms with Gasteiger partial charge in [0.15, 0.2) is 0 Å². The molecule has 8 aromatic carbocycles. The molecular weight excluding hydrogens is 633 g/mol. The molecule has 0 N–H and O–H groups in total. The van der Waals surface area contributed by atoms with Gasteiger partial charge in [-0.25, -0.2) is 0 Å². The van der Waals surface area contributed by atoms with Crippen molar-refractivity contribution in [3.8, 4) is 28.7 Å². The zero-order valence-corrected chi connectivity index (χ0v) is 28.0. The highest BCUT2D eigenvalue weighted by atomic mass is 16.5. The molecule has 3 heterocycles. The zero-order chi connectivity index (χ0) is 33.9. The first-order chi connectivity index (χ1) is 25.8. The van der Waals surface area contributed by atoms with E-state index in [2.05, 4.69) is 174 Å². The Bertz CT molecular complexity index is 3370. The molecule has 0 bridgehead atoms. The van der Waals surface area contributed by atoms with Gasteiger partial charge in [0.2, 0.25) is 0 Å². The normalized spacial score (nSPS) is 12.9. The smallest absolute Gasteiger partial charge is 0.260 e. The molecule has 12 rings (SSSR count). The maximum atomic E-state index is 6.80. The number of benzene rings is 8. The highest BCUT2D eigenvalue weighted by molar-refractivity contribution is 6.98. The van der Waals surface area contributed by atoms with Gasteiger partial charge in [0.1, 0.15) is 23.0 Å². The molecule has 1 aliphatic carbocycles. The molecule has 0 saturated heterocycles. The molecule has 9 aromatic rings. The van der Waals surface area contributed by atoms with Crippen molar-refractivity contribution < 1.29 is 9.47 Å². The predicted octanol–water partition coefficient (Wildman–Crippen LogP) is 8.97. The number of fused-ring (bicyclic) bond motifs is 12. The van der Waals surface area contributed by atoms with Gasteiger partial charge in [-0.1, -0.05) is 140 Å². The van der Waals surface area contributed by atoms with Crippen LogP contribution in [0.5, 0.6) is 23.0 Å². The van der Waals surface area contributed by atoms with Crippen LogP contribution in [-0.2, 0) is 0 Å². The molecule has 4 heteroatoms. The second-order valence-corrected chi connectivity index (χ2v) is 13.9. The van der Waals surface area contributed by atoms with E-state index in [1.807, 2.05) is 0 Å². The van der Waals surface area contributed by atoms with Crippen LogP contribution in [0.2, 0.25) is 0 Å². The van der Waals surface area contributed by atoms with Gasteiger partial charge in [0.05, 0.1) is 16.7 Å². The fourth-order valence-corrected chi connectivity index (χ4v) is 9.17. The van der Waals surface area contributed by atoms with Crippen molar-refractivity contribution in [3.63, 3.8) is 0 Å². The fraction of sp³-hybridized carbons (Fsp3) is 0. The Morgan fingerprint density at radius 2 is 0.865 bits per heavy atom. The fourth-order valence-electron chi connectivity index (χ4n) is 9.17. The lowest BCUT2D eigenvalue weighted by atomic mass is 9.35. The predicted molar refractivity (Wildman–Crippen MR) is 208 cm³/mol. The summed E-state index contributed by atoms with van der Waals surface area (Å²) in [5.74, 6) is 3.43. The van der Waals surface area contributed by atoms with Crippen molar-refractivity contribution in [1.29, 1.82) is 0 Å². The van der Waals surface area contributed by atoms with E-state index in [-0.39, 0.29) is 6.71 Å². The van der Waals surface area contributed by atoms with Gasteiger partial charge in [-0.05, 0) is 65.7 Å². The molecule has 0 saturated carbocycles. The monoisotopic (exact) mass is 661 g/mol. The molecular formula is C48H28BNO2. The molecule has 0 amide bonds. The van der Waals surface area contributed by atoms with Crippen LogP contribution in [0.15, 0.2) is 170 Å². The van der Waals surface area contributed by atoms with Crippen molar-refractivity contribution in [3.05, 3.63) is 212 Å². The summed E-state index contributed by atoms with van der Waals surface area (Å²) < 4.78 is 16.0. The maximum absolute atomic E-state index is 6.80. The largest absolute Gasteiger partial charge is 0.458 e. The topological polar surface area (TPSA) is 23.4 Å². The number of hydrogen-bond acceptors (Lipinski definition) is 2. The van der Waals surface area contributed by atoms with E-state index in [1.54, 1.807) is 0 Å². The Balaban J connectivity index is 1.31. The molecule has 0 fully saturated rings. The van der Waals surface area contributed by atoms with E-state index in [0.717, 1.165) is 56.1 Å². The Kier molecular flexibility index (Phi) is 5.58. The third kappa shape index (κ3) is 3.71. The summed E-state index contributed by atoms with van der Waals surface area (Å²) in [7, 11) is 0. The van der Waals surface area contributed by atoms with Gasteiger partial charge in [0.25, 0.3) is 6.71 Å². The standard InChI is InChI=1S/C48H28BNO2/c1-2-14-31-30(13-1)32-15-3-4-17-34(32)37-25-26-38-35-18-7-10-22-41(35)50(48(38)46(37)36-19-6-5-16-33(31)36)29-27-44-47-45(28-29)52-43-24-12-9-21-40(43)49(47)39-20-8-11-23-42(39)51-44/h1-28H. The van der Waals surface area contributed by atoms with Gasteiger partial charge in [-0.2, -0.15) is 0 Å². The van der Waals surface area contributed by atoms with Crippen molar-refractivity contribution in [2.75, 3.05) is 0 Å². The third-order valence-electron chi connectivity index (χ3n) is 11.3. The van der Waals surface area contributed by atoms with Crippen molar-refractivity contribution >= 4 is 44.9 Å². The Morgan fingerprint density at radius 1 is 0.385 bits per heavy atom. The Morgan fingerprint density at radius 3 is 1.48 bits per heavy atom. The second-order valence-electron chi connectivity index (χ2n) is 13.9. The van der Waals surface area contributed by atoms with Crippen LogP contribution in [0.25, 0.3) is 27.5 Å². The minimum absolute atomic E-state index is 0.0237. The molecule has 3 aliphatic rings. The number of nitrogens with zero attached hydrogens (tertiary/aromatic N) is 1. The van der Waals surface area contributed by atoms with Crippen LogP contribution >= 0.6 is 0 Å². The summed E-state index contributed by atoms with van der Waals surface area (Å²) in [5.41, 5.74) is 6.70. The van der Waals surface area contributed by atoms with E-state index in [9.17, 15) is 0 Å². The van der Waals surface area contributed by atoms with Crippen molar-refractivity contribution in [1.82, 2.24) is 4.57 Å². The van der Waals surface area contributed by atoms with Crippen LogP contribution in [0.3, 0.4) is 0 Å². The maximum Gasteiger partial charge on any atom is 0.260 e. The summed E-state index contributed by atoms with van der Waals surface area (Å²) in [4.78, 5) is 0. The summed E-state index contributed by atoms with van der Waals surface area (Å²) >= 11 is 0. The van der Waals surface area contributed by atoms with E-state index in [1.165, 1.54) is 52.5 Å². The number of para-hydroxylation sites is 3. The average Bonchev–Trinajstić information content (AvgIpc) is 3.54. The molecule has 1 aromatic heterocycles. The van der Waals surface area contributed by atoms with Gasteiger partial charge < -0.3 is 14.0 Å². The molecule has 3 nitrogen and oxygen atoms in total. The van der Waals surface area contributed by atoms with Crippen LogP contribution in [0.4, 0.5) is 0 Å². The Hall–Kier alpha value is -6.78. The lowest BCUT2D eigenvalue weighted by Gasteiger charge is -2.33. The molecule has 0 radical (unpaired) electrons. The van der Waals surface area contributed by atoms with Crippen LogP contribution in [-0.4, -0.2) is 11.3 Å². The molecule has 0 atom stereocenters. The molecule has 0 spiro atoms. The Labute approximate surface area is 298 Å². The van der Waals surface area contributed by atoms with Crippen molar-refractivity contribution in [2.24, 2.45) is 0 Å². The van der Waals surface area contributed by atoms with Gasteiger partial charge in [0, 0.05) is 33.6 Å². The lowest BCUT2D eigenvalue weighted by molar-refractivity contribution is 0.464. The molecule has 0 unspecified atom stereocenters. The number of ether oxygens (including phenoxy) is 2. The van der Waals surface area contributed by atoms with Gasteiger partial charge in [-0.15, -0.1) is 0 Å². The quantitative estimate of drug-likeness (QED) is 0.164. The summed E-state index contributed by atoms with van der Waals surface area (Å²) in [6.07, 6.45) is 0. The summed E-state index contributed by atoms with van der Waals surface area (Å²) in [6, 6.07) is 61.3. The second kappa shape index (κ2) is 10.4. The SMILES string of the molecule is c1ccc2c(c1)Oc1cc(-n3c4ccccc4c4ccc5c(c43)=c3ccccc3=c3ccccc3=c3ccccc3=5)cc3c1B2c1ccccc1O3. The third-order valence-corrected chi connectivity index (χ3v) is 11.3. The summed E-state index contributed by atoms with van der Waals surface area (Å²) in [6.45, 7) is 0.0237. The van der Waals surface area contributed by atoms with Gasteiger partial charge >= 0.3 is 0 Å². The minimum Gasteiger partial charge on any atom is -0.458 e. The van der Waals surface area contributed by atoms with E-state index < -0.39 is 0 Å². The first-order valence-electron chi connectivity index (χ1n) is 17.9. The first kappa shape index (κ1) is 28.0. The van der Waals surface area contributed by atoms with Gasteiger partial charge in [-0.3, -0.25) is 0 Å².